The van der Waals surface area contributed by atoms with Crippen molar-refractivity contribution in [3.63, 3.8) is 0 Å². The minimum absolute atomic E-state index is 0.0430. The Bertz CT molecular complexity index is 1140. The molecule has 0 bridgehead atoms. The number of rotatable bonds is 2. The first-order valence-electron chi connectivity index (χ1n) is 10.9. The van der Waals surface area contributed by atoms with Crippen LogP contribution in [0.25, 0.3) is 11.1 Å². The van der Waals surface area contributed by atoms with Gasteiger partial charge in [0.2, 0.25) is 0 Å². The third-order valence-electron chi connectivity index (χ3n) is 6.44. The maximum absolute atomic E-state index is 4.05. The molecule has 0 amide bonds. The predicted molar refractivity (Wildman–Crippen MR) is 138 cm³/mol. The lowest BCUT2D eigenvalue weighted by atomic mass is 9.64. The van der Waals surface area contributed by atoms with Crippen LogP contribution >= 0.6 is 0 Å². The van der Waals surface area contributed by atoms with Crippen LogP contribution in [0.15, 0.2) is 95.5 Å². The molecule has 3 aliphatic rings. The summed E-state index contributed by atoms with van der Waals surface area (Å²) < 4.78 is 0. The Balaban J connectivity index is 1.89. The third kappa shape index (κ3) is 3.72. The molecule has 2 heteroatoms. The van der Waals surface area contributed by atoms with E-state index in [1.54, 1.807) is 0 Å². The molecule has 2 heterocycles. The summed E-state index contributed by atoms with van der Waals surface area (Å²) in [7, 11) is 1.97. The molecule has 0 nitrogen and oxygen atoms in total. The molecule has 0 unspecified atom stereocenters. The van der Waals surface area contributed by atoms with E-state index in [0.717, 1.165) is 14.6 Å². The number of hydrogen-bond donors (Lipinski definition) is 0. The molecule has 0 spiro atoms. The standard InChI is InChI=1S/C28H30B2/c1-7-9-20-22-16-26-23(17-25(22)29-24(20)8-2)21-11-10-18(3)12-14-28(5,6)15-13-19(4)27(21)30-26/h7-17,29-30H,2H2,1,3-6H3/b9-7-,14-12-,15-13-,18-10+,21-11-,27-19-. The van der Waals surface area contributed by atoms with Crippen LogP contribution in [0.5, 0.6) is 0 Å². The van der Waals surface area contributed by atoms with Gasteiger partial charge in [-0.15, -0.1) is 0 Å². The lowest BCUT2D eigenvalue weighted by Crippen LogP contribution is -2.21. The van der Waals surface area contributed by atoms with Gasteiger partial charge in [-0.3, -0.25) is 0 Å². The Morgan fingerprint density at radius 2 is 1.63 bits per heavy atom. The van der Waals surface area contributed by atoms with E-state index in [0.29, 0.717) is 0 Å². The van der Waals surface area contributed by atoms with Gasteiger partial charge in [0.15, 0.2) is 14.6 Å². The molecule has 0 saturated carbocycles. The number of benzene rings is 1. The smallest absolute Gasteiger partial charge is 0.0996 e. The van der Waals surface area contributed by atoms with Gasteiger partial charge >= 0.3 is 0 Å². The fourth-order valence-corrected chi connectivity index (χ4v) is 4.61. The molecule has 148 valence electrons. The van der Waals surface area contributed by atoms with Crippen LogP contribution < -0.4 is 10.9 Å². The van der Waals surface area contributed by atoms with Crippen LogP contribution in [0.2, 0.25) is 0 Å². The Morgan fingerprint density at radius 1 is 0.933 bits per heavy atom. The van der Waals surface area contributed by atoms with Crippen LogP contribution in [0.3, 0.4) is 0 Å². The van der Waals surface area contributed by atoms with Gasteiger partial charge in [0.1, 0.15) is 0 Å². The van der Waals surface area contributed by atoms with Crippen molar-refractivity contribution in [2.75, 3.05) is 0 Å². The highest BCUT2D eigenvalue weighted by molar-refractivity contribution is 6.71. The Hall–Kier alpha value is -2.73. The van der Waals surface area contributed by atoms with E-state index >= 15 is 0 Å². The topological polar surface area (TPSA) is 0 Å². The summed E-state index contributed by atoms with van der Waals surface area (Å²) in [4.78, 5) is 0. The van der Waals surface area contributed by atoms with Gasteiger partial charge in [0, 0.05) is 5.41 Å². The highest BCUT2D eigenvalue weighted by Crippen LogP contribution is 2.34. The van der Waals surface area contributed by atoms with Crippen molar-refractivity contribution in [2.45, 2.75) is 34.6 Å². The summed E-state index contributed by atoms with van der Waals surface area (Å²) in [6.45, 7) is 15.1. The van der Waals surface area contributed by atoms with Gasteiger partial charge in [-0.1, -0.05) is 120 Å². The van der Waals surface area contributed by atoms with Crippen molar-refractivity contribution >= 4 is 36.6 Å². The highest BCUT2D eigenvalue weighted by atomic mass is 14.2. The zero-order valence-corrected chi connectivity index (χ0v) is 19.0. The van der Waals surface area contributed by atoms with Gasteiger partial charge in [-0.05, 0) is 43.0 Å². The molecule has 0 saturated heterocycles. The molecule has 2 aliphatic heterocycles. The molecule has 1 aromatic rings. The van der Waals surface area contributed by atoms with Crippen molar-refractivity contribution < 1.29 is 0 Å². The van der Waals surface area contributed by atoms with Crippen molar-refractivity contribution in [1.82, 2.24) is 0 Å². The molecule has 0 aromatic heterocycles. The van der Waals surface area contributed by atoms with Crippen molar-refractivity contribution in [3.8, 4) is 0 Å². The molecule has 1 aromatic carbocycles. The van der Waals surface area contributed by atoms with Crippen LogP contribution in [0.1, 0.15) is 45.7 Å². The quantitative estimate of drug-likeness (QED) is 0.621. The van der Waals surface area contributed by atoms with E-state index in [1.165, 1.54) is 55.3 Å². The zero-order valence-electron chi connectivity index (χ0n) is 19.0. The molecule has 1 aliphatic carbocycles. The van der Waals surface area contributed by atoms with Crippen LogP contribution in [0.4, 0.5) is 0 Å². The Morgan fingerprint density at radius 3 is 2.37 bits per heavy atom. The predicted octanol–water partition coefficient (Wildman–Crippen LogP) is 5.07. The number of fused-ring (bicyclic) bond motifs is 4. The minimum atomic E-state index is 0.0430. The molecule has 0 fully saturated rings. The summed E-state index contributed by atoms with van der Waals surface area (Å²) in [6.07, 6.45) is 20.2. The lowest BCUT2D eigenvalue weighted by Gasteiger charge is -2.15. The zero-order chi connectivity index (χ0) is 21.5. The first-order valence-corrected chi connectivity index (χ1v) is 10.9. The van der Waals surface area contributed by atoms with Crippen LogP contribution in [-0.2, 0) is 0 Å². The summed E-state index contributed by atoms with van der Waals surface area (Å²) in [5.74, 6) is 0. The minimum Gasteiger partial charge on any atom is -0.0996 e. The maximum atomic E-state index is 4.05. The van der Waals surface area contributed by atoms with Gasteiger partial charge in [-0.2, -0.15) is 0 Å². The molecule has 30 heavy (non-hydrogen) atoms. The first-order chi connectivity index (χ1) is 14.3. The molecule has 0 atom stereocenters. The highest BCUT2D eigenvalue weighted by Gasteiger charge is 2.28. The second kappa shape index (κ2) is 7.84. The van der Waals surface area contributed by atoms with Crippen molar-refractivity contribution in [3.05, 3.63) is 107 Å². The molecular weight excluding hydrogens is 358 g/mol. The van der Waals surface area contributed by atoms with E-state index in [1.807, 2.05) is 6.08 Å². The van der Waals surface area contributed by atoms with E-state index in [4.69, 9.17) is 0 Å². The maximum Gasteiger partial charge on any atom is 0.194 e. The normalized spacial score (nSPS) is 27.5. The molecule has 0 N–H and O–H groups in total. The lowest BCUT2D eigenvalue weighted by molar-refractivity contribution is 0.625. The van der Waals surface area contributed by atoms with E-state index in [-0.39, 0.29) is 5.41 Å². The molecular formula is C28H30B2. The monoisotopic (exact) mass is 388 g/mol. The number of allylic oxidation sites excluding steroid dienone is 15. The summed E-state index contributed by atoms with van der Waals surface area (Å²) >= 11 is 0. The first kappa shape index (κ1) is 20.5. The Kier molecular flexibility index (Phi) is 5.36. The van der Waals surface area contributed by atoms with Gasteiger partial charge in [0.25, 0.3) is 0 Å². The van der Waals surface area contributed by atoms with Crippen LogP contribution in [0, 0.1) is 5.41 Å². The summed E-state index contributed by atoms with van der Waals surface area (Å²) in [6, 6.07) is 4.86. The number of hydrogen-bond acceptors (Lipinski definition) is 0. The fraction of sp³-hybridized carbons (Fsp3) is 0.214. The van der Waals surface area contributed by atoms with E-state index < -0.39 is 0 Å². The van der Waals surface area contributed by atoms with Gasteiger partial charge < -0.3 is 0 Å². The molecule has 4 rings (SSSR count). The molecule has 0 radical (unpaired) electrons. The summed E-state index contributed by atoms with van der Waals surface area (Å²) in [5.41, 5.74) is 13.8. The Labute approximate surface area is 183 Å². The van der Waals surface area contributed by atoms with E-state index in [2.05, 4.69) is 102 Å². The van der Waals surface area contributed by atoms with Gasteiger partial charge in [-0.25, -0.2) is 0 Å². The third-order valence-corrected chi connectivity index (χ3v) is 6.44. The second-order valence-corrected chi connectivity index (χ2v) is 9.30. The van der Waals surface area contributed by atoms with Gasteiger partial charge in [0.05, 0.1) is 0 Å². The second-order valence-electron chi connectivity index (χ2n) is 9.30. The van der Waals surface area contributed by atoms with E-state index in [9.17, 15) is 0 Å². The fourth-order valence-electron chi connectivity index (χ4n) is 4.61. The average Bonchev–Trinajstić information content (AvgIpc) is 3.24. The van der Waals surface area contributed by atoms with Crippen LogP contribution in [-0.4, -0.2) is 14.6 Å². The SMILES string of the molecule is C=CC1=C(/C=C\C)c2cc3c(cc2B1)C1=C/C=C(C)/C=C\C(C)(C)/C=C\C(C)=C\1B3. The largest absolute Gasteiger partial charge is 0.194 e. The average molecular weight is 388 g/mol. The summed E-state index contributed by atoms with van der Waals surface area (Å²) in [5, 5.41) is 0. The van der Waals surface area contributed by atoms with Crippen molar-refractivity contribution in [2.24, 2.45) is 5.41 Å². The van der Waals surface area contributed by atoms with Crippen molar-refractivity contribution in [1.29, 1.82) is 0 Å².